The van der Waals surface area contributed by atoms with E-state index in [2.05, 4.69) is 10.1 Å². The van der Waals surface area contributed by atoms with Gasteiger partial charge in [0, 0.05) is 4.99 Å². The molecule has 0 aliphatic carbocycles. The van der Waals surface area contributed by atoms with Gasteiger partial charge in [0.25, 0.3) is 0 Å². The van der Waals surface area contributed by atoms with Crippen molar-refractivity contribution in [1.29, 1.82) is 0 Å². The number of halogens is 1. The second-order valence-corrected chi connectivity index (χ2v) is 2.59. The predicted molar refractivity (Wildman–Crippen MR) is 40.3 cm³/mol. The summed E-state index contributed by atoms with van der Waals surface area (Å²) < 4.78 is 13.1. The normalized spacial score (nSPS) is 16.8. The molecule has 0 amide bonds. The quantitative estimate of drug-likeness (QED) is 0.550. The van der Waals surface area contributed by atoms with Crippen LogP contribution >= 0.6 is 0 Å². The summed E-state index contributed by atoms with van der Waals surface area (Å²) in [7, 11) is 0. The second kappa shape index (κ2) is 1.72. The SMILES string of the molecule is Fc1cccc2c1C1=NC2=[N+]O1. The van der Waals surface area contributed by atoms with Gasteiger partial charge in [-0.1, -0.05) is 6.07 Å². The smallest absolute Gasteiger partial charge is 0.208 e. The molecule has 12 heavy (non-hydrogen) atoms. The number of hydrogen-bond acceptors (Lipinski definition) is 3. The third-order valence-electron chi connectivity index (χ3n) is 1.89. The minimum Gasteiger partial charge on any atom is -0.208 e. The van der Waals surface area contributed by atoms with Gasteiger partial charge in [-0.25, -0.2) is 9.23 Å². The van der Waals surface area contributed by atoms with E-state index < -0.39 is 0 Å². The van der Waals surface area contributed by atoms with E-state index in [9.17, 15) is 4.39 Å². The fourth-order valence-corrected chi connectivity index (χ4v) is 1.36. The van der Waals surface area contributed by atoms with Gasteiger partial charge in [-0.3, -0.25) is 0 Å². The molecule has 0 spiro atoms. The topological polar surface area (TPSA) is 35.7 Å². The number of benzene rings is 1. The molecule has 4 heteroatoms. The van der Waals surface area contributed by atoms with Crippen LogP contribution in [0.1, 0.15) is 11.1 Å². The maximum Gasteiger partial charge on any atom is 0.422 e. The number of fused-ring (bicyclic) bond motifs is 4. The Morgan fingerprint density at radius 1 is 1.42 bits per heavy atom. The molecule has 2 heterocycles. The van der Waals surface area contributed by atoms with E-state index in [4.69, 9.17) is 4.84 Å². The van der Waals surface area contributed by atoms with Crippen LogP contribution in [0.4, 0.5) is 4.39 Å². The van der Waals surface area contributed by atoms with E-state index in [1.165, 1.54) is 6.07 Å². The van der Waals surface area contributed by atoms with E-state index in [1.54, 1.807) is 12.1 Å². The Hall–Kier alpha value is -1.71. The molecule has 0 atom stereocenters. The first-order valence-corrected chi connectivity index (χ1v) is 3.49. The van der Waals surface area contributed by atoms with Crippen LogP contribution in [0, 0.1) is 5.82 Å². The molecule has 57 valence electrons. The number of rotatable bonds is 0. The standard InChI is InChI=1S/C8H3FN2O/c9-5-3-1-2-4-6(5)8-10-7(4)11-12-8/h1-3H/q+1. The monoisotopic (exact) mass is 162 g/mol. The Kier molecular flexibility index (Phi) is 0.841. The Morgan fingerprint density at radius 3 is 3.17 bits per heavy atom. The van der Waals surface area contributed by atoms with Gasteiger partial charge in [-0.2, -0.15) is 0 Å². The summed E-state index contributed by atoms with van der Waals surface area (Å²) in [6, 6.07) is 4.79. The zero-order chi connectivity index (χ0) is 8.13. The van der Waals surface area contributed by atoms with Crippen LogP contribution in [-0.2, 0) is 4.84 Å². The zero-order valence-electron chi connectivity index (χ0n) is 5.91. The summed E-state index contributed by atoms with van der Waals surface area (Å²) in [5.41, 5.74) is 1.15. The fraction of sp³-hybridized carbons (Fsp3) is 0. The molecule has 0 saturated carbocycles. The van der Waals surface area contributed by atoms with Gasteiger partial charge in [-0.05, 0) is 12.1 Å². The molecular formula is C8H3FN2O+. The van der Waals surface area contributed by atoms with Crippen molar-refractivity contribution >= 4 is 11.7 Å². The van der Waals surface area contributed by atoms with E-state index in [1.807, 2.05) is 0 Å². The maximum absolute atomic E-state index is 13.1. The van der Waals surface area contributed by atoms with Crippen LogP contribution in [0.15, 0.2) is 23.2 Å². The van der Waals surface area contributed by atoms with Crippen molar-refractivity contribution in [2.24, 2.45) is 4.99 Å². The Bertz CT molecular complexity index is 437. The van der Waals surface area contributed by atoms with E-state index >= 15 is 0 Å². The summed E-state index contributed by atoms with van der Waals surface area (Å²) in [5.74, 6) is 0.439. The Labute approximate surface area is 67.2 Å². The highest BCUT2D eigenvalue weighted by molar-refractivity contribution is 6.22. The Morgan fingerprint density at radius 2 is 2.33 bits per heavy atom. The summed E-state index contributed by atoms with van der Waals surface area (Å²) in [6.45, 7) is 0. The van der Waals surface area contributed by atoms with Gasteiger partial charge in [0.05, 0.1) is 5.56 Å². The molecular weight excluding hydrogens is 159 g/mol. The van der Waals surface area contributed by atoms with Gasteiger partial charge >= 0.3 is 11.7 Å². The highest BCUT2D eigenvalue weighted by Gasteiger charge is 2.43. The summed E-state index contributed by atoms with van der Waals surface area (Å²) in [4.78, 5) is 8.69. The molecule has 1 aromatic rings. The van der Waals surface area contributed by atoms with Gasteiger partial charge < -0.3 is 0 Å². The van der Waals surface area contributed by atoms with Gasteiger partial charge in [0.15, 0.2) is 5.16 Å². The van der Waals surface area contributed by atoms with Crippen molar-refractivity contribution in [1.82, 2.24) is 5.16 Å². The molecule has 2 aliphatic rings. The molecule has 3 nitrogen and oxygen atoms in total. The van der Waals surface area contributed by atoms with Gasteiger partial charge in [-0.15, -0.1) is 0 Å². The molecule has 1 radical (unpaired) electrons. The summed E-state index contributed by atoms with van der Waals surface area (Å²) >= 11 is 0. The zero-order valence-corrected chi connectivity index (χ0v) is 5.91. The Balaban J connectivity index is 2.41. The first-order chi connectivity index (χ1) is 5.86. The van der Waals surface area contributed by atoms with E-state index in [0.29, 0.717) is 11.4 Å². The van der Waals surface area contributed by atoms with Crippen molar-refractivity contribution < 1.29 is 9.23 Å². The molecule has 3 rings (SSSR count). The number of nitrogens with zero attached hydrogens (tertiary/aromatic N) is 2. The second-order valence-electron chi connectivity index (χ2n) is 2.59. The van der Waals surface area contributed by atoms with Crippen molar-refractivity contribution in [2.75, 3.05) is 0 Å². The molecule has 0 saturated heterocycles. The molecule has 0 fully saturated rings. The van der Waals surface area contributed by atoms with Crippen LogP contribution in [0.3, 0.4) is 0 Å². The molecule has 2 aliphatic heterocycles. The number of aliphatic imine (C=N–C) groups is 1. The lowest BCUT2D eigenvalue weighted by atomic mass is 10.1. The van der Waals surface area contributed by atoms with Crippen LogP contribution < -0.4 is 5.16 Å². The van der Waals surface area contributed by atoms with Crippen LogP contribution in [-0.4, -0.2) is 11.7 Å². The highest BCUT2D eigenvalue weighted by atomic mass is 19.1. The van der Waals surface area contributed by atoms with Crippen LogP contribution in [0.2, 0.25) is 0 Å². The lowest BCUT2D eigenvalue weighted by Gasteiger charge is -1.97. The summed E-state index contributed by atoms with van der Waals surface area (Å²) in [5, 5.41) is 3.63. The third kappa shape index (κ3) is 0.514. The van der Waals surface area contributed by atoms with Crippen molar-refractivity contribution in [3.05, 3.63) is 35.1 Å². The first-order valence-electron chi connectivity index (χ1n) is 3.49. The molecule has 0 N–H and O–H groups in total. The minimum atomic E-state index is -0.309. The average Bonchev–Trinajstić information content (AvgIpc) is 2.64. The minimum absolute atomic E-state index is 0.276. The molecule has 0 unspecified atom stereocenters. The lowest BCUT2D eigenvalue weighted by molar-refractivity contribution is 0.275. The summed E-state index contributed by atoms with van der Waals surface area (Å²) in [6.07, 6.45) is 0. The molecule has 0 aromatic heterocycles. The van der Waals surface area contributed by atoms with Crippen LogP contribution in [0.25, 0.3) is 0 Å². The predicted octanol–water partition coefficient (Wildman–Crippen LogP) is 0.614. The largest absolute Gasteiger partial charge is 0.422 e. The third-order valence-corrected chi connectivity index (χ3v) is 1.89. The fourth-order valence-electron chi connectivity index (χ4n) is 1.36. The lowest BCUT2D eigenvalue weighted by Crippen LogP contribution is -2.13. The maximum atomic E-state index is 13.1. The average molecular weight is 162 g/mol. The first kappa shape index (κ1) is 5.88. The van der Waals surface area contributed by atoms with Crippen molar-refractivity contribution in [3.8, 4) is 0 Å². The molecule has 1 aromatic carbocycles. The highest BCUT2D eigenvalue weighted by Crippen LogP contribution is 2.24. The van der Waals surface area contributed by atoms with Crippen molar-refractivity contribution in [2.45, 2.75) is 0 Å². The van der Waals surface area contributed by atoms with Crippen LogP contribution in [0.5, 0.6) is 0 Å². The molecule has 2 bridgehead atoms. The number of amidine groups is 1. The van der Waals surface area contributed by atoms with E-state index in [-0.39, 0.29) is 11.7 Å². The van der Waals surface area contributed by atoms with Gasteiger partial charge in [0.1, 0.15) is 11.4 Å². The van der Waals surface area contributed by atoms with Crippen molar-refractivity contribution in [3.63, 3.8) is 0 Å². The van der Waals surface area contributed by atoms with E-state index in [0.717, 1.165) is 5.56 Å². The number of oxime groups is 1. The number of hydrogen-bond donors (Lipinski definition) is 0. The van der Waals surface area contributed by atoms with Gasteiger partial charge in [0.2, 0.25) is 0 Å².